The molecule has 0 saturated carbocycles. The summed E-state index contributed by atoms with van der Waals surface area (Å²) in [6.45, 7) is 5.50. The van der Waals surface area contributed by atoms with Crippen LogP contribution in [0.2, 0.25) is 0 Å². The number of amides is 2. The van der Waals surface area contributed by atoms with Gasteiger partial charge in [0.25, 0.3) is 11.8 Å². The van der Waals surface area contributed by atoms with Crippen LogP contribution in [0.3, 0.4) is 0 Å². The molecule has 120 valence electrons. The minimum atomic E-state index is -0.218. The van der Waals surface area contributed by atoms with E-state index < -0.39 is 0 Å². The number of nitrogens with zero attached hydrogens (tertiary/aromatic N) is 2. The first-order valence-corrected chi connectivity index (χ1v) is 7.73. The number of carbonyl (C=O) groups is 2. The lowest BCUT2D eigenvalue weighted by Crippen LogP contribution is -2.31. The van der Waals surface area contributed by atoms with Crippen molar-refractivity contribution in [3.05, 3.63) is 65.5 Å². The molecule has 5 heteroatoms. The first-order valence-electron chi connectivity index (χ1n) is 7.73. The van der Waals surface area contributed by atoms with Crippen LogP contribution in [0.15, 0.2) is 48.7 Å². The molecule has 0 aliphatic rings. The van der Waals surface area contributed by atoms with Crippen molar-refractivity contribution in [1.82, 2.24) is 15.2 Å². The normalized spacial score (nSPS) is 10.2. The molecule has 0 aliphatic carbocycles. The summed E-state index contributed by atoms with van der Waals surface area (Å²) in [6, 6.07) is 12.8. The van der Waals surface area contributed by atoms with Crippen molar-refractivity contribution in [1.29, 1.82) is 0 Å². The lowest BCUT2D eigenvalue weighted by Gasteiger charge is -2.18. The highest BCUT2D eigenvalue weighted by molar-refractivity contribution is 5.98. The summed E-state index contributed by atoms with van der Waals surface area (Å²) in [4.78, 5) is 30.3. The average Bonchev–Trinajstić information content (AvgIpc) is 2.61. The zero-order valence-electron chi connectivity index (χ0n) is 13.5. The number of carbonyl (C=O) groups excluding carboxylic acids is 2. The topological polar surface area (TPSA) is 62.3 Å². The fraction of sp³-hybridized carbons (Fsp3) is 0.278. The maximum atomic E-state index is 12.3. The fourth-order valence-corrected chi connectivity index (χ4v) is 2.24. The Labute approximate surface area is 136 Å². The average molecular weight is 311 g/mol. The van der Waals surface area contributed by atoms with E-state index in [-0.39, 0.29) is 11.8 Å². The van der Waals surface area contributed by atoms with Gasteiger partial charge in [0.2, 0.25) is 0 Å². The predicted octanol–water partition coefficient (Wildman–Crippen LogP) is 2.49. The second kappa shape index (κ2) is 8.08. The van der Waals surface area contributed by atoms with Gasteiger partial charge < -0.3 is 10.2 Å². The summed E-state index contributed by atoms with van der Waals surface area (Å²) < 4.78 is 0. The summed E-state index contributed by atoms with van der Waals surface area (Å²) in [5.41, 5.74) is 1.75. The number of pyridine rings is 1. The van der Waals surface area contributed by atoms with Crippen LogP contribution in [0, 0.1) is 0 Å². The molecule has 1 aromatic carbocycles. The molecule has 5 nitrogen and oxygen atoms in total. The van der Waals surface area contributed by atoms with Crippen LogP contribution < -0.4 is 5.32 Å². The number of hydrogen-bond acceptors (Lipinski definition) is 3. The molecule has 0 radical (unpaired) electrons. The second-order valence-corrected chi connectivity index (χ2v) is 5.08. The first kappa shape index (κ1) is 16.7. The van der Waals surface area contributed by atoms with Gasteiger partial charge in [0.1, 0.15) is 5.69 Å². The highest BCUT2D eigenvalue weighted by Gasteiger charge is 2.16. The van der Waals surface area contributed by atoms with Crippen LogP contribution in [-0.4, -0.2) is 34.8 Å². The molecular weight excluding hydrogens is 290 g/mol. The molecule has 23 heavy (non-hydrogen) atoms. The molecule has 0 aliphatic heterocycles. The van der Waals surface area contributed by atoms with Crippen LogP contribution >= 0.6 is 0 Å². The molecule has 0 fully saturated rings. The Hall–Kier alpha value is -2.69. The lowest BCUT2D eigenvalue weighted by molar-refractivity contribution is 0.0767. The van der Waals surface area contributed by atoms with Gasteiger partial charge in [-0.2, -0.15) is 0 Å². The Morgan fingerprint density at radius 1 is 1.09 bits per heavy atom. The monoisotopic (exact) mass is 311 g/mol. The molecule has 0 saturated heterocycles. The molecule has 0 atom stereocenters. The molecule has 2 rings (SSSR count). The van der Waals surface area contributed by atoms with E-state index in [0.29, 0.717) is 30.9 Å². The maximum absolute atomic E-state index is 12.3. The Kier molecular flexibility index (Phi) is 5.86. The smallest absolute Gasteiger partial charge is 0.272 e. The number of nitrogens with one attached hydrogen (secondary N) is 1. The highest BCUT2D eigenvalue weighted by Crippen LogP contribution is 2.06. The van der Waals surface area contributed by atoms with Crippen molar-refractivity contribution in [2.75, 3.05) is 13.1 Å². The number of rotatable bonds is 6. The van der Waals surface area contributed by atoms with E-state index in [4.69, 9.17) is 0 Å². The van der Waals surface area contributed by atoms with Gasteiger partial charge in [-0.05, 0) is 31.5 Å². The zero-order valence-corrected chi connectivity index (χ0v) is 13.5. The van der Waals surface area contributed by atoms with Crippen molar-refractivity contribution in [2.24, 2.45) is 0 Å². The van der Waals surface area contributed by atoms with Gasteiger partial charge in [-0.3, -0.25) is 14.6 Å². The Balaban J connectivity index is 2.06. The van der Waals surface area contributed by atoms with Gasteiger partial charge in [-0.25, -0.2) is 0 Å². The first-order chi connectivity index (χ1) is 11.2. The third-order valence-corrected chi connectivity index (χ3v) is 3.59. The van der Waals surface area contributed by atoms with Crippen LogP contribution in [-0.2, 0) is 6.54 Å². The van der Waals surface area contributed by atoms with Crippen LogP contribution in [0.25, 0.3) is 0 Å². The zero-order chi connectivity index (χ0) is 16.7. The van der Waals surface area contributed by atoms with Gasteiger partial charge in [0.05, 0.1) is 0 Å². The summed E-state index contributed by atoms with van der Waals surface area (Å²) >= 11 is 0. The molecular formula is C18H21N3O2. The van der Waals surface area contributed by atoms with Crippen LogP contribution in [0.4, 0.5) is 0 Å². The Morgan fingerprint density at radius 3 is 2.43 bits per heavy atom. The van der Waals surface area contributed by atoms with Gasteiger partial charge in [-0.1, -0.05) is 30.3 Å². The van der Waals surface area contributed by atoms with Gasteiger partial charge in [0, 0.05) is 31.4 Å². The Morgan fingerprint density at radius 2 is 1.78 bits per heavy atom. The van der Waals surface area contributed by atoms with E-state index in [1.807, 2.05) is 44.2 Å². The number of aromatic nitrogens is 1. The molecule has 2 amide bonds. The van der Waals surface area contributed by atoms with Crippen LogP contribution in [0.1, 0.15) is 40.3 Å². The molecule has 0 spiro atoms. The summed E-state index contributed by atoms with van der Waals surface area (Å²) in [6.07, 6.45) is 1.49. The lowest BCUT2D eigenvalue weighted by atomic mass is 10.2. The van der Waals surface area contributed by atoms with Gasteiger partial charge >= 0.3 is 0 Å². The second-order valence-electron chi connectivity index (χ2n) is 5.08. The maximum Gasteiger partial charge on any atom is 0.272 e. The summed E-state index contributed by atoms with van der Waals surface area (Å²) in [5, 5.41) is 2.85. The van der Waals surface area contributed by atoms with Crippen LogP contribution in [0.5, 0.6) is 0 Å². The van der Waals surface area contributed by atoms with E-state index in [2.05, 4.69) is 10.3 Å². The van der Waals surface area contributed by atoms with E-state index in [1.54, 1.807) is 17.0 Å². The van der Waals surface area contributed by atoms with E-state index in [0.717, 1.165) is 5.56 Å². The van der Waals surface area contributed by atoms with Crippen molar-refractivity contribution in [3.8, 4) is 0 Å². The SMILES string of the molecule is CCN(CC)C(=O)c1cc(C(=O)NCc2ccccc2)ccn1. The van der Waals surface area contributed by atoms with Crippen molar-refractivity contribution < 1.29 is 9.59 Å². The van der Waals surface area contributed by atoms with Crippen molar-refractivity contribution >= 4 is 11.8 Å². The number of hydrogen-bond donors (Lipinski definition) is 1. The number of benzene rings is 1. The third kappa shape index (κ3) is 4.39. The van der Waals surface area contributed by atoms with Crippen molar-refractivity contribution in [2.45, 2.75) is 20.4 Å². The quantitative estimate of drug-likeness (QED) is 0.891. The molecule has 1 heterocycles. The standard InChI is InChI=1S/C18H21N3O2/c1-3-21(4-2)18(23)16-12-15(10-11-19-16)17(22)20-13-14-8-6-5-7-9-14/h5-12H,3-4,13H2,1-2H3,(H,20,22). The van der Waals surface area contributed by atoms with E-state index >= 15 is 0 Å². The molecule has 1 N–H and O–H groups in total. The van der Waals surface area contributed by atoms with E-state index in [1.165, 1.54) is 6.20 Å². The predicted molar refractivity (Wildman–Crippen MR) is 89.1 cm³/mol. The molecule has 0 unspecified atom stereocenters. The molecule has 0 bridgehead atoms. The minimum Gasteiger partial charge on any atom is -0.348 e. The van der Waals surface area contributed by atoms with Crippen molar-refractivity contribution in [3.63, 3.8) is 0 Å². The summed E-state index contributed by atoms with van der Waals surface area (Å²) in [7, 11) is 0. The van der Waals surface area contributed by atoms with E-state index in [9.17, 15) is 9.59 Å². The third-order valence-electron chi connectivity index (χ3n) is 3.59. The fourth-order valence-electron chi connectivity index (χ4n) is 2.24. The molecule has 1 aromatic heterocycles. The van der Waals surface area contributed by atoms with Gasteiger partial charge in [-0.15, -0.1) is 0 Å². The van der Waals surface area contributed by atoms with Gasteiger partial charge in [0.15, 0.2) is 0 Å². The Bertz CT molecular complexity index is 667. The molecule has 2 aromatic rings. The largest absolute Gasteiger partial charge is 0.348 e. The highest BCUT2D eigenvalue weighted by atomic mass is 16.2. The minimum absolute atomic E-state index is 0.160. The summed E-state index contributed by atoms with van der Waals surface area (Å²) in [5.74, 6) is -0.377.